The van der Waals surface area contributed by atoms with Crippen LogP contribution >= 0.6 is 11.6 Å². The zero-order valence-corrected chi connectivity index (χ0v) is 17.3. The van der Waals surface area contributed by atoms with Crippen LogP contribution in [0.3, 0.4) is 0 Å². The van der Waals surface area contributed by atoms with Crippen LogP contribution in [0.1, 0.15) is 16.7 Å². The van der Waals surface area contributed by atoms with Crippen molar-refractivity contribution in [2.45, 2.75) is 12.5 Å². The lowest BCUT2D eigenvalue weighted by atomic mass is 10.1. The topological polar surface area (TPSA) is 24.8 Å². The van der Waals surface area contributed by atoms with Gasteiger partial charge in [0.2, 0.25) is 0 Å². The van der Waals surface area contributed by atoms with Gasteiger partial charge in [0.05, 0.1) is 6.21 Å². The number of oxime groups is 1. The van der Waals surface area contributed by atoms with Crippen LogP contribution in [-0.4, -0.2) is 26.4 Å². The van der Waals surface area contributed by atoms with Crippen molar-refractivity contribution in [3.63, 3.8) is 0 Å². The molecule has 1 unspecified atom stereocenters. The summed E-state index contributed by atoms with van der Waals surface area (Å²) in [6.07, 6.45) is 2.00. The summed E-state index contributed by atoms with van der Waals surface area (Å²) in [5.41, 5.74) is 4.14. The molecule has 0 saturated carbocycles. The molecule has 0 spiro atoms. The first-order valence-electron chi connectivity index (χ1n) is 9.38. The highest BCUT2D eigenvalue weighted by atomic mass is 35.5. The van der Waals surface area contributed by atoms with E-state index in [9.17, 15) is 0 Å². The third-order valence-electron chi connectivity index (χ3n) is 4.28. The Hall–Kier alpha value is -3.22. The maximum atomic E-state index is 5.94. The van der Waals surface area contributed by atoms with E-state index in [0.29, 0.717) is 11.4 Å². The Morgan fingerprint density at radius 3 is 2.31 bits per heavy atom. The first kappa shape index (κ1) is 20.5. The summed E-state index contributed by atoms with van der Waals surface area (Å²) in [5.74, 6) is 6.33. The van der Waals surface area contributed by atoms with E-state index in [4.69, 9.17) is 16.4 Å². The standard InChI is InChI=1S/C25H23ClN2O/c1-28(2)24-15-10-22(11-16-24)19-27-29-25(18-21-6-4-3-5-7-21)17-12-20-8-13-23(26)14-9-20/h3-11,13-16,19,25H,18H2,1-2H3/b27-19+. The Kier molecular flexibility index (Phi) is 7.33. The van der Waals surface area contributed by atoms with E-state index >= 15 is 0 Å². The molecule has 0 aliphatic carbocycles. The monoisotopic (exact) mass is 402 g/mol. The van der Waals surface area contributed by atoms with E-state index < -0.39 is 0 Å². The summed E-state index contributed by atoms with van der Waals surface area (Å²) in [6.45, 7) is 0. The van der Waals surface area contributed by atoms with E-state index in [1.165, 1.54) is 0 Å². The molecule has 0 aliphatic heterocycles. The third-order valence-corrected chi connectivity index (χ3v) is 4.54. The van der Waals surface area contributed by atoms with Crippen LogP contribution in [0.15, 0.2) is 84.0 Å². The maximum absolute atomic E-state index is 5.94. The van der Waals surface area contributed by atoms with Gasteiger partial charge < -0.3 is 9.74 Å². The van der Waals surface area contributed by atoms with Crippen LogP contribution in [0, 0.1) is 11.8 Å². The highest BCUT2D eigenvalue weighted by molar-refractivity contribution is 6.30. The molecule has 0 aliphatic rings. The number of hydrogen-bond acceptors (Lipinski definition) is 3. The molecule has 3 nitrogen and oxygen atoms in total. The fourth-order valence-electron chi connectivity index (χ4n) is 2.66. The molecule has 3 aromatic rings. The summed E-state index contributed by atoms with van der Waals surface area (Å²) in [6, 6.07) is 25.7. The molecule has 0 amide bonds. The smallest absolute Gasteiger partial charge is 0.191 e. The van der Waals surface area contributed by atoms with Gasteiger partial charge in [-0.25, -0.2) is 0 Å². The van der Waals surface area contributed by atoms with E-state index in [0.717, 1.165) is 22.4 Å². The lowest BCUT2D eigenvalue weighted by Gasteiger charge is -2.12. The van der Waals surface area contributed by atoms with Gasteiger partial charge in [0.15, 0.2) is 6.10 Å². The van der Waals surface area contributed by atoms with Gasteiger partial charge in [0, 0.05) is 36.8 Å². The highest BCUT2D eigenvalue weighted by Gasteiger charge is 2.07. The van der Waals surface area contributed by atoms with Gasteiger partial charge in [-0.3, -0.25) is 0 Å². The molecule has 146 valence electrons. The normalized spacial score (nSPS) is 11.6. The molecule has 0 N–H and O–H groups in total. The third kappa shape index (κ3) is 6.71. The number of rotatable bonds is 6. The van der Waals surface area contributed by atoms with Crippen molar-refractivity contribution in [3.05, 3.63) is 101 Å². The van der Waals surface area contributed by atoms with Crippen LogP contribution in [-0.2, 0) is 11.3 Å². The molecule has 0 heterocycles. The number of benzene rings is 3. The Morgan fingerprint density at radius 2 is 1.66 bits per heavy atom. The molecule has 0 radical (unpaired) electrons. The number of halogens is 1. The predicted octanol–water partition coefficient (Wildman–Crippen LogP) is 5.42. The Balaban J connectivity index is 1.71. The van der Waals surface area contributed by atoms with Gasteiger partial charge in [-0.05, 0) is 47.5 Å². The molecular formula is C25H23ClN2O. The second kappa shape index (κ2) is 10.4. The Bertz CT molecular complexity index is 985. The predicted molar refractivity (Wildman–Crippen MR) is 122 cm³/mol. The molecule has 0 bridgehead atoms. The van der Waals surface area contributed by atoms with Crippen molar-refractivity contribution in [2.75, 3.05) is 19.0 Å². The molecule has 0 aromatic heterocycles. The second-order valence-electron chi connectivity index (χ2n) is 6.78. The van der Waals surface area contributed by atoms with Gasteiger partial charge in [0.1, 0.15) is 0 Å². The first-order chi connectivity index (χ1) is 14.1. The minimum atomic E-state index is -0.356. The van der Waals surface area contributed by atoms with Crippen molar-refractivity contribution in [1.29, 1.82) is 0 Å². The van der Waals surface area contributed by atoms with Gasteiger partial charge in [-0.2, -0.15) is 0 Å². The summed E-state index contributed by atoms with van der Waals surface area (Å²) in [4.78, 5) is 7.79. The summed E-state index contributed by atoms with van der Waals surface area (Å²) in [7, 11) is 4.03. The molecule has 3 rings (SSSR count). The van der Waals surface area contributed by atoms with Crippen molar-refractivity contribution >= 4 is 23.5 Å². The summed E-state index contributed by atoms with van der Waals surface area (Å²) < 4.78 is 0. The molecule has 0 fully saturated rings. The quantitative estimate of drug-likeness (QED) is 0.312. The number of hydrogen-bond donors (Lipinski definition) is 0. The van der Waals surface area contributed by atoms with Crippen LogP contribution < -0.4 is 4.90 Å². The number of nitrogens with zero attached hydrogens (tertiary/aromatic N) is 2. The van der Waals surface area contributed by atoms with Crippen molar-refractivity contribution < 1.29 is 4.84 Å². The molecule has 0 saturated heterocycles. The molecule has 1 atom stereocenters. The zero-order valence-electron chi connectivity index (χ0n) is 16.5. The average Bonchev–Trinajstić information content (AvgIpc) is 2.74. The van der Waals surface area contributed by atoms with E-state index in [2.05, 4.69) is 34.0 Å². The summed E-state index contributed by atoms with van der Waals surface area (Å²) in [5, 5.41) is 4.87. The zero-order chi connectivity index (χ0) is 20.5. The van der Waals surface area contributed by atoms with Crippen molar-refractivity contribution in [3.8, 4) is 11.8 Å². The molecule has 4 heteroatoms. The highest BCUT2D eigenvalue weighted by Crippen LogP contribution is 2.12. The van der Waals surface area contributed by atoms with Crippen LogP contribution in [0.25, 0.3) is 0 Å². The van der Waals surface area contributed by atoms with Gasteiger partial charge in [0.25, 0.3) is 0 Å². The number of anilines is 1. The fraction of sp³-hybridized carbons (Fsp3) is 0.160. The van der Waals surface area contributed by atoms with E-state index in [-0.39, 0.29) is 6.10 Å². The second-order valence-corrected chi connectivity index (χ2v) is 7.22. The van der Waals surface area contributed by atoms with Gasteiger partial charge in [-0.15, -0.1) is 0 Å². The van der Waals surface area contributed by atoms with E-state index in [1.54, 1.807) is 6.21 Å². The van der Waals surface area contributed by atoms with Gasteiger partial charge >= 0.3 is 0 Å². The molecule has 29 heavy (non-hydrogen) atoms. The van der Waals surface area contributed by atoms with Crippen LogP contribution in [0.5, 0.6) is 0 Å². The minimum absolute atomic E-state index is 0.356. The maximum Gasteiger partial charge on any atom is 0.191 e. The fourth-order valence-corrected chi connectivity index (χ4v) is 2.79. The molecular weight excluding hydrogens is 380 g/mol. The SMILES string of the molecule is CN(C)c1ccc(/C=N/OC(C#Cc2ccc(Cl)cc2)Cc2ccccc2)cc1. The van der Waals surface area contributed by atoms with Crippen molar-refractivity contribution in [2.24, 2.45) is 5.16 Å². The van der Waals surface area contributed by atoms with E-state index in [1.807, 2.05) is 80.8 Å². The Morgan fingerprint density at radius 1 is 0.966 bits per heavy atom. The van der Waals surface area contributed by atoms with Crippen LogP contribution in [0.4, 0.5) is 5.69 Å². The van der Waals surface area contributed by atoms with Crippen LogP contribution in [0.2, 0.25) is 5.02 Å². The van der Waals surface area contributed by atoms with Gasteiger partial charge in [-0.1, -0.05) is 71.1 Å². The Labute approximate surface area is 177 Å². The lowest BCUT2D eigenvalue weighted by Crippen LogP contribution is -2.11. The largest absolute Gasteiger partial charge is 0.379 e. The molecule has 3 aromatic carbocycles. The van der Waals surface area contributed by atoms with Crippen molar-refractivity contribution in [1.82, 2.24) is 0 Å². The summed E-state index contributed by atoms with van der Waals surface area (Å²) >= 11 is 5.94. The average molecular weight is 403 g/mol. The minimum Gasteiger partial charge on any atom is -0.379 e. The first-order valence-corrected chi connectivity index (χ1v) is 9.75. The lowest BCUT2D eigenvalue weighted by molar-refractivity contribution is 0.101.